The summed E-state index contributed by atoms with van der Waals surface area (Å²) in [7, 11) is 2.02. The zero-order valence-corrected chi connectivity index (χ0v) is 13.2. The van der Waals surface area contributed by atoms with Gasteiger partial charge in [0.05, 0.1) is 6.42 Å². The van der Waals surface area contributed by atoms with Crippen LogP contribution in [0.2, 0.25) is 0 Å². The van der Waals surface area contributed by atoms with Crippen LogP contribution in [0.3, 0.4) is 0 Å². The predicted molar refractivity (Wildman–Crippen MR) is 87.7 cm³/mol. The van der Waals surface area contributed by atoms with Crippen molar-refractivity contribution in [3.05, 3.63) is 36.0 Å². The van der Waals surface area contributed by atoms with Crippen molar-refractivity contribution in [2.75, 3.05) is 13.2 Å². The van der Waals surface area contributed by atoms with Crippen LogP contribution in [0.25, 0.3) is 10.9 Å². The lowest BCUT2D eigenvalue weighted by Crippen LogP contribution is -2.44. The Kier molecular flexibility index (Phi) is 4.48. The van der Waals surface area contributed by atoms with E-state index < -0.39 is 0 Å². The van der Waals surface area contributed by atoms with Crippen molar-refractivity contribution in [2.45, 2.75) is 38.1 Å². The summed E-state index contributed by atoms with van der Waals surface area (Å²) in [6.07, 6.45) is 6.45. The summed E-state index contributed by atoms with van der Waals surface area (Å²) in [5.74, 6) is 0.189. The molecule has 0 spiro atoms. The average molecular weight is 300 g/mol. The molecule has 118 valence electrons. The number of hydrogen-bond donors (Lipinski definition) is 1. The van der Waals surface area contributed by atoms with E-state index in [1.54, 1.807) is 0 Å². The Morgan fingerprint density at radius 3 is 2.95 bits per heavy atom. The molecule has 1 aromatic heterocycles. The van der Waals surface area contributed by atoms with Gasteiger partial charge in [0.2, 0.25) is 5.91 Å². The maximum Gasteiger partial charge on any atom is 0.227 e. The van der Waals surface area contributed by atoms with Gasteiger partial charge in [0.1, 0.15) is 0 Å². The van der Waals surface area contributed by atoms with Crippen molar-refractivity contribution in [3.8, 4) is 0 Å². The number of likely N-dealkylation sites (tertiary alicyclic amines) is 1. The molecule has 1 fully saturated rings. The van der Waals surface area contributed by atoms with Gasteiger partial charge in [-0.2, -0.15) is 0 Å². The summed E-state index contributed by atoms with van der Waals surface area (Å²) in [6, 6.07) is 8.42. The zero-order chi connectivity index (χ0) is 15.5. The topological polar surface area (TPSA) is 45.5 Å². The average Bonchev–Trinajstić information content (AvgIpc) is 2.85. The van der Waals surface area contributed by atoms with Crippen molar-refractivity contribution in [3.63, 3.8) is 0 Å². The highest BCUT2D eigenvalue weighted by atomic mass is 16.3. The molecule has 4 heteroatoms. The molecule has 1 aromatic carbocycles. The molecule has 1 amide bonds. The van der Waals surface area contributed by atoms with Crippen molar-refractivity contribution < 1.29 is 9.90 Å². The van der Waals surface area contributed by atoms with Gasteiger partial charge in [0.15, 0.2) is 0 Å². The number of aliphatic hydroxyl groups excluding tert-OH is 1. The molecule has 1 saturated heterocycles. The third kappa shape index (κ3) is 2.88. The lowest BCUT2D eigenvalue weighted by atomic mass is 9.98. The number of para-hydroxylation sites is 1. The second-order valence-electron chi connectivity index (χ2n) is 6.21. The third-order valence-electron chi connectivity index (χ3n) is 4.73. The smallest absolute Gasteiger partial charge is 0.227 e. The van der Waals surface area contributed by atoms with Crippen molar-refractivity contribution in [2.24, 2.45) is 7.05 Å². The van der Waals surface area contributed by atoms with Gasteiger partial charge in [-0.25, -0.2) is 0 Å². The monoisotopic (exact) mass is 300 g/mol. The Balaban J connectivity index is 1.80. The van der Waals surface area contributed by atoms with Gasteiger partial charge in [-0.05, 0) is 37.3 Å². The molecule has 0 saturated carbocycles. The fraction of sp³-hybridized carbons (Fsp3) is 0.500. The van der Waals surface area contributed by atoms with Gasteiger partial charge < -0.3 is 14.6 Å². The molecule has 2 aromatic rings. The number of piperidine rings is 1. The Morgan fingerprint density at radius 1 is 1.32 bits per heavy atom. The number of hydrogen-bond acceptors (Lipinski definition) is 2. The van der Waals surface area contributed by atoms with Gasteiger partial charge in [-0.3, -0.25) is 4.79 Å². The number of aryl methyl sites for hydroxylation is 1. The van der Waals surface area contributed by atoms with Crippen molar-refractivity contribution in [1.82, 2.24) is 9.47 Å². The van der Waals surface area contributed by atoms with Crippen LogP contribution < -0.4 is 0 Å². The SMILES string of the molecule is Cn1cc(CC(=O)N2CCCCC2CCO)c2ccccc21. The van der Waals surface area contributed by atoms with Gasteiger partial charge in [0, 0.05) is 43.3 Å². The summed E-state index contributed by atoms with van der Waals surface area (Å²) in [6.45, 7) is 0.983. The number of fused-ring (bicyclic) bond motifs is 1. The largest absolute Gasteiger partial charge is 0.396 e. The number of aromatic nitrogens is 1. The molecule has 1 N–H and O–H groups in total. The van der Waals surface area contributed by atoms with Crippen LogP contribution in [0, 0.1) is 0 Å². The minimum Gasteiger partial charge on any atom is -0.396 e. The number of aliphatic hydroxyl groups is 1. The molecule has 0 bridgehead atoms. The maximum atomic E-state index is 12.7. The Labute approximate surface area is 131 Å². The fourth-order valence-electron chi connectivity index (χ4n) is 3.61. The van der Waals surface area contributed by atoms with E-state index in [1.807, 2.05) is 24.1 Å². The number of carbonyl (C=O) groups is 1. The minimum atomic E-state index is 0.155. The number of amides is 1. The van der Waals surface area contributed by atoms with Crippen LogP contribution in [-0.2, 0) is 18.3 Å². The molecule has 1 aliphatic rings. The van der Waals surface area contributed by atoms with Crippen LogP contribution in [0.5, 0.6) is 0 Å². The second-order valence-corrected chi connectivity index (χ2v) is 6.21. The molecule has 22 heavy (non-hydrogen) atoms. The summed E-state index contributed by atoms with van der Waals surface area (Å²) >= 11 is 0. The number of benzene rings is 1. The summed E-state index contributed by atoms with van der Waals surface area (Å²) < 4.78 is 2.08. The number of nitrogens with zero attached hydrogens (tertiary/aromatic N) is 2. The van der Waals surface area contributed by atoms with Gasteiger partial charge in [-0.15, -0.1) is 0 Å². The van der Waals surface area contributed by atoms with E-state index in [4.69, 9.17) is 0 Å². The van der Waals surface area contributed by atoms with E-state index in [-0.39, 0.29) is 18.6 Å². The van der Waals surface area contributed by atoms with Crippen LogP contribution in [-0.4, -0.2) is 39.7 Å². The van der Waals surface area contributed by atoms with E-state index in [9.17, 15) is 9.90 Å². The molecule has 1 aliphatic heterocycles. The van der Waals surface area contributed by atoms with E-state index >= 15 is 0 Å². The standard InChI is InChI=1S/C18H24N2O2/c1-19-13-14(16-7-2-3-8-17(16)19)12-18(22)20-10-5-4-6-15(20)9-11-21/h2-3,7-8,13,15,21H,4-6,9-12H2,1H3. The number of carbonyl (C=O) groups excluding carboxylic acids is 1. The Morgan fingerprint density at radius 2 is 2.14 bits per heavy atom. The first kappa shape index (κ1) is 15.1. The van der Waals surface area contributed by atoms with E-state index in [1.165, 1.54) is 0 Å². The van der Waals surface area contributed by atoms with Crippen LogP contribution in [0.4, 0.5) is 0 Å². The highest BCUT2D eigenvalue weighted by molar-refractivity contribution is 5.89. The molecule has 1 atom stereocenters. The highest BCUT2D eigenvalue weighted by Crippen LogP contribution is 2.24. The maximum absolute atomic E-state index is 12.7. The van der Waals surface area contributed by atoms with E-state index in [0.29, 0.717) is 12.8 Å². The van der Waals surface area contributed by atoms with E-state index in [0.717, 1.165) is 42.3 Å². The van der Waals surface area contributed by atoms with Crippen LogP contribution >= 0.6 is 0 Å². The van der Waals surface area contributed by atoms with Crippen LogP contribution in [0.1, 0.15) is 31.2 Å². The lowest BCUT2D eigenvalue weighted by Gasteiger charge is -2.35. The number of rotatable bonds is 4. The Hall–Kier alpha value is -1.81. The minimum absolute atomic E-state index is 0.155. The van der Waals surface area contributed by atoms with Crippen LogP contribution in [0.15, 0.2) is 30.5 Å². The first-order valence-corrected chi connectivity index (χ1v) is 8.14. The molecule has 2 heterocycles. The molecule has 3 rings (SSSR count). The third-order valence-corrected chi connectivity index (χ3v) is 4.73. The zero-order valence-electron chi connectivity index (χ0n) is 13.2. The summed E-state index contributed by atoms with van der Waals surface area (Å²) in [5, 5.41) is 10.4. The summed E-state index contributed by atoms with van der Waals surface area (Å²) in [4.78, 5) is 14.7. The molecule has 0 aliphatic carbocycles. The lowest BCUT2D eigenvalue weighted by molar-refractivity contribution is -0.134. The molecule has 1 unspecified atom stereocenters. The van der Waals surface area contributed by atoms with Gasteiger partial charge in [-0.1, -0.05) is 18.2 Å². The first-order chi connectivity index (χ1) is 10.7. The molecule has 4 nitrogen and oxygen atoms in total. The first-order valence-electron chi connectivity index (χ1n) is 8.14. The van der Waals surface area contributed by atoms with E-state index in [2.05, 4.69) is 22.9 Å². The van der Waals surface area contributed by atoms with Gasteiger partial charge >= 0.3 is 0 Å². The highest BCUT2D eigenvalue weighted by Gasteiger charge is 2.26. The molecular weight excluding hydrogens is 276 g/mol. The quantitative estimate of drug-likeness (QED) is 0.943. The Bertz CT molecular complexity index is 660. The second kappa shape index (κ2) is 6.53. The summed E-state index contributed by atoms with van der Waals surface area (Å²) in [5.41, 5.74) is 2.26. The van der Waals surface area contributed by atoms with Crippen molar-refractivity contribution >= 4 is 16.8 Å². The molecular formula is C18H24N2O2. The predicted octanol–water partition coefficient (Wildman–Crippen LogP) is 2.48. The van der Waals surface area contributed by atoms with Crippen molar-refractivity contribution in [1.29, 1.82) is 0 Å². The van der Waals surface area contributed by atoms with Gasteiger partial charge in [0.25, 0.3) is 0 Å². The molecule has 0 radical (unpaired) electrons. The fourth-order valence-corrected chi connectivity index (χ4v) is 3.61. The normalized spacial score (nSPS) is 18.8.